The predicted molar refractivity (Wildman–Crippen MR) is 55.1 cm³/mol. The SMILES string of the molecule is C=CC(CC(C)PN)C(C)C. The molecule has 0 radical (unpaired) electrons. The van der Waals surface area contributed by atoms with Crippen molar-refractivity contribution < 1.29 is 0 Å². The van der Waals surface area contributed by atoms with Crippen molar-refractivity contribution in [3.05, 3.63) is 12.7 Å². The molecule has 1 nitrogen and oxygen atoms in total. The zero-order valence-electron chi connectivity index (χ0n) is 7.80. The quantitative estimate of drug-likeness (QED) is 0.502. The van der Waals surface area contributed by atoms with Crippen LogP contribution in [0.3, 0.4) is 0 Å². The maximum absolute atomic E-state index is 5.57. The van der Waals surface area contributed by atoms with E-state index >= 15 is 0 Å². The first-order valence-electron chi connectivity index (χ1n) is 4.20. The number of nitrogens with two attached hydrogens (primary N) is 1. The maximum atomic E-state index is 5.57. The summed E-state index contributed by atoms with van der Waals surface area (Å²) in [5.74, 6) is 1.34. The Morgan fingerprint density at radius 3 is 2.27 bits per heavy atom. The predicted octanol–water partition coefficient (Wildman–Crippen LogP) is 2.78. The lowest BCUT2D eigenvalue weighted by Crippen LogP contribution is -2.11. The molecule has 0 saturated carbocycles. The molecule has 2 heteroatoms. The molecule has 0 aromatic rings. The topological polar surface area (TPSA) is 26.0 Å². The van der Waals surface area contributed by atoms with E-state index in [1.165, 1.54) is 6.42 Å². The molecule has 66 valence electrons. The Bertz CT molecular complexity index is 112. The van der Waals surface area contributed by atoms with Crippen LogP contribution in [0.5, 0.6) is 0 Å². The Balaban J connectivity index is 3.77. The van der Waals surface area contributed by atoms with Crippen LogP contribution < -0.4 is 5.50 Å². The van der Waals surface area contributed by atoms with Crippen LogP contribution in [-0.4, -0.2) is 5.66 Å². The number of hydrogen-bond acceptors (Lipinski definition) is 1. The molecule has 0 heterocycles. The van der Waals surface area contributed by atoms with Gasteiger partial charge in [0.25, 0.3) is 0 Å². The molecule has 0 saturated heterocycles. The maximum Gasteiger partial charge on any atom is -0.0131 e. The van der Waals surface area contributed by atoms with Crippen molar-refractivity contribution in [3.8, 4) is 0 Å². The van der Waals surface area contributed by atoms with Crippen LogP contribution in [0.1, 0.15) is 27.2 Å². The fraction of sp³-hybridized carbons (Fsp3) is 0.778. The molecule has 0 aliphatic carbocycles. The standard InChI is InChI=1S/C9H20NP/c1-5-9(7(2)3)6-8(4)11-10/h5,7-9,11H,1,6,10H2,2-4H3. The van der Waals surface area contributed by atoms with E-state index in [2.05, 4.69) is 33.4 Å². The molecular weight excluding hydrogens is 153 g/mol. The highest BCUT2D eigenvalue weighted by atomic mass is 31.1. The van der Waals surface area contributed by atoms with Gasteiger partial charge in [-0.05, 0) is 23.9 Å². The van der Waals surface area contributed by atoms with Crippen LogP contribution in [0, 0.1) is 11.8 Å². The Kier molecular flexibility index (Phi) is 5.81. The summed E-state index contributed by atoms with van der Waals surface area (Å²) in [6.07, 6.45) is 3.25. The van der Waals surface area contributed by atoms with Gasteiger partial charge >= 0.3 is 0 Å². The van der Waals surface area contributed by atoms with E-state index in [1.807, 2.05) is 0 Å². The molecule has 0 spiro atoms. The van der Waals surface area contributed by atoms with Crippen LogP contribution >= 0.6 is 8.73 Å². The average molecular weight is 173 g/mol. The molecule has 0 aromatic heterocycles. The Labute approximate surface area is 72.3 Å². The van der Waals surface area contributed by atoms with Gasteiger partial charge in [-0.1, -0.05) is 35.6 Å². The smallest absolute Gasteiger partial charge is 0.0131 e. The van der Waals surface area contributed by atoms with Gasteiger partial charge in [0.15, 0.2) is 0 Å². The molecule has 0 aromatic carbocycles. The summed E-state index contributed by atoms with van der Waals surface area (Å²) in [5.41, 5.74) is 6.22. The van der Waals surface area contributed by atoms with Crippen molar-refractivity contribution in [1.29, 1.82) is 0 Å². The van der Waals surface area contributed by atoms with Gasteiger partial charge in [-0.25, -0.2) is 0 Å². The largest absolute Gasteiger partial charge is 0.312 e. The summed E-state index contributed by atoms with van der Waals surface area (Å²) in [7, 11) is 0.572. The van der Waals surface area contributed by atoms with Crippen molar-refractivity contribution >= 4 is 8.73 Å². The van der Waals surface area contributed by atoms with Gasteiger partial charge in [-0.2, -0.15) is 0 Å². The summed E-state index contributed by atoms with van der Waals surface area (Å²) in [6.45, 7) is 10.5. The lowest BCUT2D eigenvalue weighted by Gasteiger charge is -2.19. The molecular formula is C9H20NP. The second kappa shape index (κ2) is 5.74. The normalized spacial score (nSPS) is 17.5. The van der Waals surface area contributed by atoms with Crippen molar-refractivity contribution in [2.75, 3.05) is 0 Å². The van der Waals surface area contributed by atoms with Crippen molar-refractivity contribution in [2.45, 2.75) is 32.9 Å². The average Bonchev–Trinajstić information content (AvgIpc) is 1.99. The van der Waals surface area contributed by atoms with E-state index in [-0.39, 0.29) is 0 Å². The molecule has 0 aliphatic rings. The highest BCUT2D eigenvalue weighted by Gasteiger charge is 2.12. The molecule has 0 amide bonds. The monoisotopic (exact) mass is 173 g/mol. The highest BCUT2D eigenvalue weighted by Crippen LogP contribution is 2.24. The van der Waals surface area contributed by atoms with Crippen molar-refractivity contribution in [3.63, 3.8) is 0 Å². The zero-order valence-corrected chi connectivity index (χ0v) is 8.80. The number of rotatable bonds is 5. The van der Waals surface area contributed by atoms with E-state index in [0.29, 0.717) is 26.2 Å². The van der Waals surface area contributed by atoms with Crippen molar-refractivity contribution in [1.82, 2.24) is 0 Å². The lowest BCUT2D eigenvalue weighted by atomic mass is 9.92. The molecule has 0 aliphatic heterocycles. The van der Waals surface area contributed by atoms with Crippen LogP contribution in [-0.2, 0) is 0 Å². The van der Waals surface area contributed by atoms with Gasteiger partial charge in [-0.3, -0.25) is 0 Å². The molecule has 11 heavy (non-hydrogen) atoms. The third-order valence-electron chi connectivity index (χ3n) is 2.07. The lowest BCUT2D eigenvalue weighted by molar-refractivity contribution is 0.436. The molecule has 0 bridgehead atoms. The summed E-state index contributed by atoms with van der Waals surface area (Å²) in [4.78, 5) is 0. The third-order valence-corrected chi connectivity index (χ3v) is 2.87. The fourth-order valence-corrected chi connectivity index (χ4v) is 1.53. The second-order valence-corrected chi connectivity index (χ2v) is 4.77. The Morgan fingerprint density at radius 2 is 2.00 bits per heavy atom. The van der Waals surface area contributed by atoms with Crippen LogP contribution in [0.25, 0.3) is 0 Å². The minimum atomic E-state index is 0.572. The number of allylic oxidation sites excluding steroid dienone is 1. The van der Waals surface area contributed by atoms with E-state index < -0.39 is 0 Å². The number of hydrogen-bond donors (Lipinski definition) is 1. The summed E-state index contributed by atoms with van der Waals surface area (Å²) < 4.78 is 0. The van der Waals surface area contributed by atoms with Gasteiger partial charge in [0.2, 0.25) is 0 Å². The van der Waals surface area contributed by atoms with E-state index in [9.17, 15) is 0 Å². The summed E-state index contributed by atoms with van der Waals surface area (Å²) in [6, 6.07) is 0. The van der Waals surface area contributed by atoms with Gasteiger partial charge in [0.05, 0.1) is 0 Å². The molecule has 0 fully saturated rings. The van der Waals surface area contributed by atoms with Gasteiger partial charge < -0.3 is 5.50 Å². The molecule has 2 N–H and O–H groups in total. The fourth-order valence-electron chi connectivity index (χ4n) is 1.12. The first kappa shape index (κ1) is 11.1. The van der Waals surface area contributed by atoms with Gasteiger partial charge in [-0.15, -0.1) is 6.58 Å². The minimum Gasteiger partial charge on any atom is -0.312 e. The van der Waals surface area contributed by atoms with E-state index in [1.54, 1.807) is 0 Å². The minimum absolute atomic E-state index is 0.572. The molecule has 3 unspecified atom stereocenters. The van der Waals surface area contributed by atoms with Gasteiger partial charge in [0.1, 0.15) is 0 Å². The van der Waals surface area contributed by atoms with E-state index in [4.69, 9.17) is 5.50 Å². The molecule has 0 rings (SSSR count). The van der Waals surface area contributed by atoms with Crippen LogP contribution in [0.15, 0.2) is 12.7 Å². The zero-order chi connectivity index (χ0) is 8.85. The third kappa shape index (κ3) is 4.55. The Hall–Kier alpha value is 0.130. The Morgan fingerprint density at radius 1 is 1.45 bits per heavy atom. The highest BCUT2D eigenvalue weighted by molar-refractivity contribution is 7.35. The summed E-state index contributed by atoms with van der Waals surface area (Å²) >= 11 is 0. The second-order valence-electron chi connectivity index (χ2n) is 3.45. The van der Waals surface area contributed by atoms with Crippen LogP contribution in [0.2, 0.25) is 0 Å². The first-order valence-corrected chi connectivity index (χ1v) is 5.36. The van der Waals surface area contributed by atoms with E-state index in [0.717, 1.165) is 0 Å². The van der Waals surface area contributed by atoms with Gasteiger partial charge in [0, 0.05) is 0 Å². The molecule has 3 atom stereocenters. The van der Waals surface area contributed by atoms with Crippen molar-refractivity contribution in [2.24, 2.45) is 17.3 Å². The first-order chi connectivity index (χ1) is 5.11. The van der Waals surface area contributed by atoms with Crippen LogP contribution in [0.4, 0.5) is 0 Å². The summed E-state index contributed by atoms with van der Waals surface area (Å²) in [5, 5.41) is 0.